The molecule has 0 aliphatic heterocycles. The number of hydrogen-bond acceptors (Lipinski definition) is 4. The van der Waals surface area contributed by atoms with Gasteiger partial charge in [-0.15, -0.1) is 22.7 Å². The molecule has 0 aliphatic carbocycles. The molecular formula is C61H35NOS2. The van der Waals surface area contributed by atoms with Gasteiger partial charge in [0.05, 0.1) is 11.2 Å². The predicted octanol–water partition coefficient (Wildman–Crippen LogP) is 18.4. The number of hydrogen-bond donors (Lipinski definition) is 0. The van der Waals surface area contributed by atoms with Gasteiger partial charge in [-0.2, -0.15) is 0 Å². The number of furan rings is 1. The van der Waals surface area contributed by atoms with E-state index in [1.165, 1.54) is 79.1 Å². The van der Waals surface area contributed by atoms with Crippen LogP contribution in [0.15, 0.2) is 217 Å². The van der Waals surface area contributed by atoms with E-state index in [4.69, 9.17) is 9.40 Å². The molecule has 0 saturated carbocycles. The van der Waals surface area contributed by atoms with Gasteiger partial charge in [-0.25, -0.2) is 4.98 Å². The highest BCUT2D eigenvalue weighted by atomic mass is 32.1. The Balaban J connectivity index is 0.987. The van der Waals surface area contributed by atoms with Crippen LogP contribution in [0.5, 0.6) is 0 Å². The minimum absolute atomic E-state index is 0.860. The zero-order chi connectivity index (χ0) is 42.6. The van der Waals surface area contributed by atoms with E-state index in [-0.39, 0.29) is 0 Å². The van der Waals surface area contributed by atoms with Crippen molar-refractivity contribution in [1.82, 2.24) is 4.98 Å². The maximum absolute atomic E-state index is 6.66. The van der Waals surface area contributed by atoms with Crippen LogP contribution in [0.1, 0.15) is 0 Å². The second-order valence-corrected chi connectivity index (χ2v) is 19.0. The van der Waals surface area contributed by atoms with Gasteiger partial charge in [-0.3, -0.25) is 0 Å². The van der Waals surface area contributed by atoms with Crippen molar-refractivity contribution in [1.29, 1.82) is 0 Å². The Kier molecular flexibility index (Phi) is 8.06. The normalized spacial score (nSPS) is 12.0. The fourth-order valence-corrected chi connectivity index (χ4v) is 12.8. The Bertz CT molecular complexity index is 4100. The van der Waals surface area contributed by atoms with Gasteiger partial charge in [-0.05, 0) is 87.5 Å². The summed E-state index contributed by atoms with van der Waals surface area (Å²) in [6.45, 7) is 0. The van der Waals surface area contributed by atoms with Crippen molar-refractivity contribution in [3.05, 3.63) is 212 Å². The summed E-state index contributed by atoms with van der Waals surface area (Å²) >= 11 is 3.77. The van der Waals surface area contributed by atoms with E-state index >= 15 is 0 Å². The minimum Gasteiger partial charge on any atom is -0.456 e. The Labute approximate surface area is 381 Å². The van der Waals surface area contributed by atoms with Crippen molar-refractivity contribution >= 4 is 107 Å². The van der Waals surface area contributed by atoms with E-state index in [0.29, 0.717) is 0 Å². The van der Waals surface area contributed by atoms with Crippen LogP contribution in [0.2, 0.25) is 0 Å². The van der Waals surface area contributed by atoms with E-state index in [0.717, 1.165) is 60.6 Å². The molecule has 14 aromatic rings. The third-order valence-corrected chi connectivity index (χ3v) is 15.7. The second-order valence-electron chi connectivity index (χ2n) is 16.9. The van der Waals surface area contributed by atoms with Crippen molar-refractivity contribution in [2.45, 2.75) is 0 Å². The Morgan fingerprint density at radius 3 is 1.54 bits per heavy atom. The van der Waals surface area contributed by atoms with E-state index < -0.39 is 0 Å². The molecule has 0 unspecified atom stereocenters. The lowest BCUT2D eigenvalue weighted by Gasteiger charge is -2.16. The second kappa shape index (κ2) is 14.3. The average Bonchev–Trinajstić information content (AvgIpc) is 4.07. The molecule has 10 aromatic carbocycles. The smallest absolute Gasteiger partial charge is 0.136 e. The molecule has 0 aliphatic rings. The first-order valence-electron chi connectivity index (χ1n) is 22.0. The highest BCUT2D eigenvalue weighted by Crippen LogP contribution is 2.48. The van der Waals surface area contributed by atoms with Gasteiger partial charge in [0.1, 0.15) is 11.2 Å². The van der Waals surface area contributed by atoms with Gasteiger partial charge in [0.2, 0.25) is 0 Å². The standard InChI is InChI=1S/C61H35NOS2/c1-2-14-37(15-3-1)56-57-48-18-4-8-24-51(48)62-59(50(57)35-53-58(56)49-19-5-9-25-52(49)63-53)38-30-28-36(29-31-38)39-32-40(42-20-12-22-46-44-16-6-10-26-54(44)64-60(42)46)34-41(33-39)43-21-13-23-47-45-17-7-11-27-55(45)65-61(43)47/h1-35H. The zero-order valence-corrected chi connectivity index (χ0v) is 36.5. The van der Waals surface area contributed by atoms with Gasteiger partial charge < -0.3 is 4.42 Å². The molecule has 4 aromatic heterocycles. The largest absolute Gasteiger partial charge is 0.456 e. The molecule has 4 heterocycles. The lowest BCUT2D eigenvalue weighted by molar-refractivity contribution is 0.669. The summed E-state index contributed by atoms with van der Waals surface area (Å²) in [4.78, 5) is 5.43. The molecule has 0 atom stereocenters. The van der Waals surface area contributed by atoms with Crippen LogP contribution in [-0.2, 0) is 0 Å². The van der Waals surface area contributed by atoms with E-state index in [1.807, 2.05) is 28.7 Å². The van der Waals surface area contributed by atoms with E-state index in [2.05, 4.69) is 206 Å². The fourth-order valence-electron chi connectivity index (χ4n) is 10.3. The van der Waals surface area contributed by atoms with Crippen LogP contribution in [0, 0.1) is 0 Å². The van der Waals surface area contributed by atoms with Crippen LogP contribution in [-0.4, -0.2) is 4.98 Å². The summed E-state index contributed by atoms with van der Waals surface area (Å²) in [6, 6.07) is 77.3. The van der Waals surface area contributed by atoms with Gasteiger partial charge in [0.25, 0.3) is 0 Å². The lowest BCUT2D eigenvalue weighted by atomic mass is 9.89. The van der Waals surface area contributed by atoms with Crippen LogP contribution in [0.25, 0.3) is 140 Å². The molecule has 0 N–H and O–H groups in total. The highest BCUT2D eigenvalue weighted by Gasteiger charge is 2.22. The fraction of sp³-hybridized carbons (Fsp3) is 0. The van der Waals surface area contributed by atoms with Gasteiger partial charge in [0.15, 0.2) is 0 Å². The maximum atomic E-state index is 6.66. The Morgan fingerprint density at radius 2 is 0.862 bits per heavy atom. The van der Waals surface area contributed by atoms with Crippen LogP contribution in [0.4, 0.5) is 0 Å². The van der Waals surface area contributed by atoms with Gasteiger partial charge in [-0.1, -0.05) is 164 Å². The molecule has 2 nitrogen and oxygen atoms in total. The molecule has 0 fully saturated rings. The summed E-state index contributed by atoms with van der Waals surface area (Å²) in [5.74, 6) is 0. The summed E-state index contributed by atoms with van der Waals surface area (Å²) in [5.41, 5.74) is 14.3. The molecule has 0 bridgehead atoms. The predicted molar refractivity (Wildman–Crippen MR) is 279 cm³/mol. The number of para-hydroxylation sites is 2. The number of pyridine rings is 1. The lowest BCUT2D eigenvalue weighted by Crippen LogP contribution is -1.93. The molecule has 0 radical (unpaired) electrons. The number of rotatable bonds is 5. The average molecular weight is 862 g/mol. The van der Waals surface area contributed by atoms with Crippen LogP contribution >= 0.6 is 22.7 Å². The first kappa shape index (κ1) is 36.6. The van der Waals surface area contributed by atoms with E-state index in [1.54, 1.807) is 0 Å². The molecule has 65 heavy (non-hydrogen) atoms. The third kappa shape index (κ3) is 5.68. The number of aromatic nitrogens is 1. The third-order valence-electron chi connectivity index (χ3n) is 13.2. The monoisotopic (exact) mass is 861 g/mol. The zero-order valence-electron chi connectivity index (χ0n) is 34.9. The molecule has 0 spiro atoms. The molecule has 0 amide bonds. The first-order chi connectivity index (χ1) is 32.2. The van der Waals surface area contributed by atoms with Crippen molar-refractivity contribution in [2.24, 2.45) is 0 Å². The van der Waals surface area contributed by atoms with Crippen molar-refractivity contribution in [3.63, 3.8) is 0 Å². The number of thiophene rings is 2. The van der Waals surface area contributed by atoms with Gasteiger partial charge in [0, 0.05) is 78.4 Å². The molecule has 302 valence electrons. The summed E-state index contributed by atoms with van der Waals surface area (Å²) in [7, 11) is 0. The molecular weight excluding hydrogens is 827 g/mol. The van der Waals surface area contributed by atoms with Crippen molar-refractivity contribution in [3.8, 4) is 55.8 Å². The van der Waals surface area contributed by atoms with Crippen LogP contribution < -0.4 is 0 Å². The molecule has 4 heteroatoms. The number of benzene rings is 10. The van der Waals surface area contributed by atoms with E-state index in [9.17, 15) is 0 Å². The first-order valence-corrected chi connectivity index (χ1v) is 23.6. The highest BCUT2D eigenvalue weighted by molar-refractivity contribution is 7.26. The van der Waals surface area contributed by atoms with Crippen LogP contribution in [0.3, 0.4) is 0 Å². The Morgan fingerprint density at radius 1 is 0.323 bits per heavy atom. The SMILES string of the molecule is c1ccc(-c2c3c(cc4c(-c5ccc(-c6cc(-c7cccc8c7sc7ccccc78)cc(-c7cccc8c7sc7ccccc78)c6)cc5)nc5ccccc5c24)oc2ccccc23)cc1. The summed E-state index contributed by atoms with van der Waals surface area (Å²) < 4.78 is 11.9. The van der Waals surface area contributed by atoms with Crippen molar-refractivity contribution < 1.29 is 4.42 Å². The number of fused-ring (bicyclic) bond motifs is 12. The maximum Gasteiger partial charge on any atom is 0.136 e. The summed E-state index contributed by atoms with van der Waals surface area (Å²) in [6.07, 6.45) is 0. The molecule has 14 rings (SSSR count). The minimum atomic E-state index is 0.860. The van der Waals surface area contributed by atoms with Crippen molar-refractivity contribution in [2.75, 3.05) is 0 Å². The quantitative estimate of drug-likeness (QED) is 0.161. The Hall–Kier alpha value is -7.89. The summed E-state index contributed by atoms with van der Waals surface area (Å²) in [5, 5.41) is 10.8. The molecule has 0 saturated heterocycles. The van der Waals surface area contributed by atoms with Gasteiger partial charge >= 0.3 is 0 Å². The number of nitrogens with zero attached hydrogens (tertiary/aromatic N) is 1. The topological polar surface area (TPSA) is 26.0 Å².